The van der Waals surface area contributed by atoms with Crippen molar-refractivity contribution >= 4 is 11.5 Å². The van der Waals surface area contributed by atoms with Crippen LogP contribution in [0.2, 0.25) is 0 Å². The first kappa shape index (κ1) is 18.7. The molecule has 0 aliphatic heterocycles. The summed E-state index contributed by atoms with van der Waals surface area (Å²) in [5.41, 5.74) is 8.49. The van der Waals surface area contributed by atoms with Crippen LogP contribution < -0.4 is 0 Å². The van der Waals surface area contributed by atoms with E-state index in [0.29, 0.717) is 0 Å². The van der Waals surface area contributed by atoms with Crippen LogP contribution in [0.1, 0.15) is 76.1 Å². The lowest BCUT2D eigenvalue weighted by atomic mass is 9.62. The Morgan fingerprint density at radius 2 is 1.65 bits per heavy atom. The molecule has 0 heterocycles. The van der Waals surface area contributed by atoms with E-state index in [-0.39, 0.29) is 10.8 Å². The molecule has 0 aromatic heterocycles. The summed E-state index contributed by atoms with van der Waals surface area (Å²) in [6.07, 6.45) is 11.9. The van der Waals surface area contributed by atoms with Crippen molar-refractivity contribution in [2.45, 2.75) is 71.1 Å². The molecule has 26 heavy (non-hydrogen) atoms. The fraction of sp³-hybridized carbons (Fsp3) is 0.458. The summed E-state index contributed by atoms with van der Waals surface area (Å²) in [4.78, 5) is 10.7. The largest absolute Gasteiger partial charge is 0.478 e. The van der Waals surface area contributed by atoms with Crippen molar-refractivity contribution in [3.63, 3.8) is 0 Å². The molecule has 0 atom stereocenters. The maximum atomic E-state index is 10.7. The fourth-order valence-electron chi connectivity index (χ4n) is 4.30. The summed E-state index contributed by atoms with van der Waals surface area (Å²) >= 11 is 0. The van der Waals surface area contributed by atoms with Crippen LogP contribution in [0.4, 0.5) is 0 Å². The molecule has 2 heteroatoms. The lowest BCUT2D eigenvalue weighted by Crippen LogP contribution is -2.34. The molecule has 1 aromatic rings. The number of hydrogen-bond acceptors (Lipinski definition) is 1. The van der Waals surface area contributed by atoms with E-state index < -0.39 is 5.97 Å². The first-order valence-corrected chi connectivity index (χ1v) is 9.57. The maximum Gasteiger partial charge on any atom is 0.328 e. The number of aliphatic carboxylic acids is 1. The van der Waals surface area contributed by atoms with Crippen LogP contribution in [-0.4, -0.2) is 11.1 Å². The van der Waals surface area contributed by atoms with Crippen LogP contribution in [0.25, 0.3) is 5.57 Å². The highest BCUT2D eigenvalue weighted by Crippen LogP contribution is 2.48. The zero-order valence-corrected chi connectivity index (χ0v) is 16.6. The van der Waals surface area contributed by atoms with E-state index >= 15 is 0 Å². The molecule has 0 unspecified atom stereocenters. The Morgan fingerprint density at radius 1 is 1.04 bits per heavy atom. The van der Waals surface area contributed by atoms with Crippen LogP contribution in [-0.2, 0) is 22.0 Å². The van der Waals surface area contributed by atoms with Gasteiger partial charge in [0.25, 0.3) is 0 Å². The molecule has 0 amide bonds. The molecule has 138 valence electrons. The van der Waals surface area contributed by atoms with Gasteiger partial charge in [-0.2, -0.15) is 0 Å². The van der Waals surface area contributed by atoms with E-state index in [2.05, 4.69) is 45.9 Å². The molecule has 0 fully saturated rings. The zero-order valence-electron chi connectivity index (χ0n) is 16.6. The average Bonchev–Trinajstić information content (AvgIpc) is 2.93. The lowest BCUT2D eigenvalue weighted by molar-refractivity contribution is -0.131. The van der Waals surface area contributed by atoms with Crippen molar-refractivity contribution in [3.05, 3.63) is 64.3 Å². The number of allylic oxidation sites excluding steroid dienone is 5. The molecule has 0 saturated carbocycles. The minimum atomic E-state index is -0.900. The van der Waals surface area contributed by atoms with Gasteiger partial charge in [-0.3, -0.25) is 0 Å². The molecule has 2 nitrogen and oxygen atoms in total. The van der Waals surface area contributed by atoms with E-state index in [4.69, 9.17) is 5.11 Å². The van der Waals surface area contributed by atoms with Gasteiger partial charge in [-0.1, -0.05) is 58.1 Å². The standard InChI is InChI=1S/C24H30O2/c1-16(13-22(25)26)7-6-8-17-9-10-18-14-20-21(15-19(17)18)24(4,5)12-11-23(20,2)3/h6-8,13-15H,9-12H2,1-5H3,(H,25,26)/b7-6+,16-13+,17-8-. The summed E-state index contributed by atoms with van der Waals surface area (Å²) in [5, 5.41) is 8.80. The quantitative estimate of drug-likeness (QED) is 0.540. The fourth-order valence-corrected chi connectivity index (χ4v) is 4.30. The number of hydrogen-bond donors (Lipinski definition) is 1. The normalized spacial score (nSPS) is 22.5. The third kappa shape index (κ3) is 3.56. The second kappa shape index (κ2) is 6.57. The van der Waals surface area contributed by atoms with Crippen molar-refractivity contribution in [2.24, 2.45) is 0 Å². The maximum absolute atomic E-state index is 10.7. The van der Waals surface area contributed by atoms with Gasteiger partial charge in [-0.05, 0) is 76.8 Å². The van der Waals surface area contributed by atoms with Gasteiger partial charge >= 0.3 is 5.97 Å². The highest BCUT2D eigenvalue weighted by molar-refractivity contribution is 5.81. The smallest absolute Gasteiger partial charge is 0.328 e. The summed E-state index contributed by atoms with van der Waals surface area (Å²) in [7, 11) is 0. The van der Waals surface area contributed by atoms with E-state index in [9.17, 15) is 4.79 Å². The SMILES string of the molecule is CC(/C=C/C=C1/CCc2cc3c(cc21)C(C)(C)CCC3(C)C)=C\C(=O)O. The molecule has 1 aromatic carbocycles. The summed E-state index contributed by atoms with van der Waals surface area (Å²) in [6, 6.07) is 4.91. The van der Waals surface area contributed by atoms with Crippen LogP contribution in [0.5, 0.6) is 0 Å². The van der Waals surface area contributed by atoms with Crippen LogP contribution in [0.3, 0.4) is 0 Å². The van der Waals surface area contributed by atoms with Gasteiger partial charge in [0.15, 0.2) is 0 Å². The summed E-state index contributed by atoms with van der Waals surface area (Å²) in [6.45, 7) is 11.3. The Hall–Kier alpha value is -2.09. The number of carbonyl (C=O) groups is 1. The van der Waals surface area contributed by atoms with Gasteiger partial charge in [-0.25, -0.2) is 4.79 Å². The number of benzene rings is 1. The molecule has 1 N–H and O–H groups in total. The highest BCUT2D eigenvalue weighted by Gasteiger charge is 2.38. The van der Waals surface area contributed by atoms with Gasteiger partial charge < -0.3 is 5.11 Å². The second-order valence-corrected chi connectivity index (χ2v) is 9.10. The Bertz CT molecular complexity index is 832. The van der Waals surface area contributed by atoms with Gasteiger partial charge in [0.1, 0.15) is 0 Å². The molecule has 3 rings (SSSR count). The van der Waals surface area contributed by atoms with E-state index in [0.717, 1.165) is 18.4 Å². The van der Waals surface area contributed by atoms with Crippen molar-refractivity contribution < 1.29 is 9.90 Å². The number of aryl methyl sites for hydroxylation is 1. The predicted octanol–water partition coefficient (Wildman–Crippen LogP) is 5.95. The molecule has 2 aliphatic rings. The van der Waals surface area contributed by atoms with Gasteiger partial charge in [0, 0.05) is 6.08 Å². The van der Waals surface area contributed by atoms with E-state index in [1.54, 1.807) is 0 Å². The zero-order chi connectivity index (χ0) is 19.1. The summed E-state index contributed by atoms with van der Waals surface area (Å²) in [5.74, 6) is -0.900. The average molecular weight is 351 g/mol. The molecular weight excluding hydrogens is 320 g/mol. The molecule has 0 spiro atoms. The first-order valence-electron chi connectivity index (χ1n) is 9.57. The van der Waals surface area contributed by atoms with E-state index in [1.165, 1.54) is 46.7 Å². The Kier molecular flexibility index (Phi) is 4.72. The Balaban J connectivity index is 1.98. The first-order chi connectivity index (χ1) is 12.1. The molecule has 0 saturated heterocycles. The van der Waals surface area contributed by atoms with Crippen LogP contribution in [0, 0.1) is 0 Å². The lowest BCUT2D eigenvalue weighted by Gasteiger charge is -2.42. The molecule has 0 bridgehead atoms. The van der Waals surface area contributed by atoms with E-state index in [1.807, 2.05) is 19.1 Å². The highest BCUT2D eigenvalue weighted by atomic mass is 16.4. The number of rotatable bonds is 3. The second-order valence-electron chi connectivity index (χ2n) is 9.10. The van der Waals surface area contributed by atoms with Gasteiger partial charge in [0.2, 0.25) is 0 Å². The minimum Gasteiger partial charge on any atom is -0.478 e. The predicted molar refractivity (Wildman–Crippen MR) is 109 cm³/mol. The minimum absolute atomic E-state index is 0.226. The van der Waals surface area contributed by atoms with Gasteiger partial charge in [0.05, 0.1) is 0 Å². The molecule has 0 radical (unpaired) electrons. The van der Waals surface area contributed by atoms with Crippen LogP contribution >= 0.6 is 0 Å². The Labute approximate surface area is 157 Å². The topological polar surface area (TPSA) is 37.3 Å². The van der Waals surface area contributed by atoms with Crippen molar-refractivity contribution in [2.75, 3.05) is 0 Å². The van der Waals surface area contributed by atoms with Crippen LogP contribution in [0.15, 0.2) is 42.0 Å². The molecule has 2 aliphatic carbocycles. The summed E-state index contributed by atoms with van der Waals surface area (Å²) < 4.78 is 0. The van der Waals surface area contributed by atoms with Crippen molar-refractivity contribution in [1.82, 2.24) is 0 Å². The van der Waals surface area contributed by atoms with Gasteiger partial charge in [-0.15, -0.1) is 0 Å². The third-order valence-corrected chi connectivity index (χ3v) is 6.09. The van der Waals surface area contributed by atoms with Crippen molar-refractivity contribution in [1.29, 1.82) is 0 Å². The Morgan fingerprint density at radius 3 is 2.27 bits per heavy atom. The number of carboxylic acids is 1. The molecular formula is C24H30O2. The number of carboxylic acid groups (broad SMARTS) is 1. The third-order valence-electron chi connectivity index (χ3n) is 6.09. The van der Waals surface area contributed by atoms with Crippen molar-refractivity contribution in [3.8, 4) is 0 Å². The number of fused-ring (bicyclic) bond motifs is 2. The monoisotopic (exact) mass is 350 g/mol.